The van der Waals surface area contributed by atoms with E-state index in [1.807, 2.05) is 4.90 Å². The number of hydrogen-bond acceptors (Lipinski definition) is 4. The van der Waals surface area contributed by atoms with Gasteiger partial charge in [0.25, 0.3) is 5.91 Å². The third-order valence-electron chi connectivity index (χ3n) is 3.94. The van der Waals surface area contributed by atoms with Crippen molar-refractivity contribution in [3.8, 4) is 0 Å². The van der Waals surface area contributed by atoms with Gasteiger partial charge in [-0.25, -0.2) is 4.98 Å². The Morgan fingerprint density at radius 3 is 2.65 bits per heavy atom. The molecule has 1 saturated carbocycles. The van der Waals surface area contributed by atoms with Gasteiger partial charge in [-0.1, -0.05) is 11.6 Å². The van der Waals surface area contributed by atoms with Crippen molar-refractivity contribution in [2.45, 2.75) is 12.8 Å². The minimum Gasteiger partial charge on any atom is -0.384 e. The highest BCUT2D eigenvalue weighted by Crippen LogP contribution is 2.30. The first-order valence-electron chi connectivity index (χ1n) is 7.07. The SMILES string of the molecule is Nc1ccc(Cl)c(C(=O)N2CCN(CC3CC3)CC2)n1. The maximum Gasteiger partial charge on any atom is 0.274 e. The van der Waals surface area contributed by atoms with E-state index in [0.717, 1.165) is 32.1 Å². The molecule has 0 bridgehead atoms. The second-order valence-electron chi connectivity index (χ2n) is 5.60. The molecule has 5 nitrogen and oxygen atoms in total. The first-order valence-corrected chi connectivity index (χ1v) is 7.45. The van der Waals surface area contributed by atoms with Crippen molar-refractivity contribution in [1.82, 2.24) is 14.8 Å². The van der Waals surface area contributed by atoms with Crippen LogP contribution in [0.1, 0.15) is 23.3 Å². The lowest BCUT2D eigenvalue weighted by Gasteiger charge is -2.34. The first-order chi connectivity index (χ1) is 9.63. The molecular weight excluding hydrogens is 276 g/mol. The molecule has 1 amide bonds. The molecule has 108 valence electrons. The van der Waals surface area contributed by atoms with Gasteiger partial charge in [0.05, 0.1) is 5.02 Å². The molecule has 0 spiro atoms. The number of carbonyl (C=O) groups excluding carboxylic acids is 1. The molecule has 0 aromatic carbocycles. The van der Waals surface area contributed by atoms with Crippen LogP contribution in [-0.2, 0) is 0 Å². The highest BCUT2D eigenvalue weighted by atomic mass is 35.5. The Bertz CT molecular complexity index is 510. The zero-order valence-corrected chi connectivity index (χ0v) is 12.1. The van der Waals surface area contributed by atoms with Crippen LogP contribution in [0.2, 0.25) is 5.02 Å². The Balaban J connectivity index is 1.61. The van der Waals surface area contributed by atoms with E-state index < -0.39 is 0 Å². The number of aromatic nitrogens is 1. The number of rotatable bonds is 3. The number of amides is 1. The van der Waals surface area contributed by atoms with Gasteiger partial charge in [-0.15, -0.1) is 0 Å². The lowest BCUT2D eigenvalue weighted by atomic mass is 10.2. The Labute approximate surface area is 123 Å². The number of piperazine rings is 1. The van der Waals surface area contributed by atoms with Gasteiger partial charge in [0.2, 0.25) is 0 Å². The summed E-state index contributed by atoms with van der Waals surface area (Å²) in [5.41, 5.74) is 5.90. The van der Waals surface area contributed by atoms with Crippen LogP contribution < -0.4 is 5.73 Å². The van der Waals surface area contributed by atoms with Crippen LogP contribution in [0.15, 0.2) is 12.1 Å². The Morgan fingerprint density at radius 2 is 2.00 bits per heavy atom. The maximum atomic E-state index is 12.4. The maximum absolute atomic E-state index is 12.4. The van der Waals surface area contributed by atoms with Crippen LogP contribution in [0, 0.1) is 5.92 Å². The van der Waals surface area contributed by atoms with Crippen molar-refractivity contribution < 1.29 is 4.79 Å². The average Bonchev–Trinajstić information content (AvgIpc) is 3.26. The van der Waals surface area contributed by atoms with Crippen LogP contribution in [0.3, 0.4) is 0 Å². The van der Waals surface area contributed by atoms with Crippen LogP contribution in [0.5, 0.6) is 0 Å². The molecule has 2 N–H and O–H groups in total. The van der Waals surface area contributed by atoms with Gasteiger partial charge in [0.15, 0.2) is 0 Å². The Kier molecular flexibility index (Phi) is 3.81. The van der Waals surface area contributed by atoms with Gasteiger partial charge < -0.3 is 10.6 Å². The van der Waals surface area contributed by atoms with Crippen molar-refractivity contribution in [3.05, 3.63) is 22.8 Å². The molecule has 2 aliphatic rings. The predicted octanol–water partition coefficient (Wildman–Crippen LogP) is 1.49. The van der Waals surface area contributed by atoms with E-state index in [-0.39, 0.29) is 11.6 Å². The fraction of sp³-hybridized carbons (Fsp3) is 0.571. The van der Waals surface area contributed by atoms with Crippen LogP contribution in [-0.4, -0.2) is 53.4 Å². The monoisotopic (exact) mass is 294 g/mol. The molecule has 1 aliphatic heterocycles. The second-order valence-corrected chi connectivity index (χ2v) is 6.01. The molecule has 20 heavy (non-hydrogen) atoms. The van der Waals surface area contributed by atoms with E-state index >= 15 is 0 Å². The lowest BCUT2D eigenvalue weighted by Crippen LogP contribution is -2.49. The van der Waals surface area contributed by atoms with Crippen molar-refractivity contribution in [1.29, 1.82) is 0 Å². The quantitative estimate of drug-likeness (QED) is 0.917. The van der Waals surface area contributed by atoms with E-state index in [1.54, 1.807) is 12.1 Å². The third kappa shape index (κ3) is 3.04. The number of anilines is 1. The number of nitrogen functional groups attached to an aromatic ring is 1. The second kappa shape index (κ2) is 5.58. The van der Waals surface area contributed by atoms with Gasteiger partial charge in [-0.05, 0) is 30.9 Å². The van der Waals surface area contributed by atoms with E-state index in [9.17, 15) is 4.79 Å². The molecule has 1 aliphatic carbocycles. The number of nitrogens with two attached hydrogens (primary N) is 1. The zero-order chi connectivity index (χ0) is 14.1. The summed E-state index contributed by atoms with van der Waals surface area (Å²) in [5, 5.41) is 0.365. The van der Waals surface area contributed by atoms with Gasteiger partial charge >= 0.3 is 0 Å². The van der Waals surface area contributed by atoms with Crippen LogP contribution in [0.4, 0.5) is 5.82 Å². The zero-order valence-electron chi connectivity index (χ0n) is 11.4. The molecule has 1 saturated heterocycles. The Morgan fingerprint density at radius 1 is 1.30 bits per heavy atom. The summed E-state index contributed by atoms with van der Waals surface area (Å²) in [6, 6.07) is 3.23. The summed E-state index contributed by atoms with van der Waals surface area (Å²) in [5.74, 6) is 1.10. The van der Waals surface area contributed by atoms with Gasteiger partial charge in [-0.2, -0.15) is 0 Å². The molecule has 6 heteroatoms. The first kappa shape index (κ1) is 13.6. The molecule has 2 fully saturated rings. The number of pyridine rings is 1. The molecule has 2 heterocycles. The molecule has 1 aromatic rings. The van der Waals surface area contributed by atoms with Crippen molar-refractivity contribution in [3.63, 3.8) is 0 Å². The number of carbonyl (C=O) groups is 1. The minimum atomic E-state index is -0.117. The summed E-state index contributed by atoms with van der Waals surface area (Å²) in [4.78, 5) is 20.7. The summed E-state index contributed by atoms with van der Waals surface area (Å²) < 4.78 is 0. The summed E-state index contributed by atoms with van der Waals surface area (Å²) in [6.07, 6.45) is 2.73. The molecule has 0 radical (unpaired) electrons. The summed E-state index contributed by atoms with van der Waals surface area (Å²) in [6.45, 7) is 4.51. The average molecular weight is 295 g/mol. The summed E-state index contributed by atoms with van der Waals surface area (Å²) >= 11 is 6.04. The highest BCUT2D eigenvalue weighted by Gasteiger charge is 2.28. The molecule has 0 unspecified atom stereocenters. The fourth-order valence-corrected chi connectivity index (χ4v) is 2.74. The highest BCUT2D eigenvalue weighted by molar-refractivity contribution is 6.33. The number of hydrogen-bond donors (Lipinski definition) is 1. The molecule has 0 atom stereocenters. The minimum absolute atomic E-state index is 0.117. The normalized spacial score (nSPS) is 20.1. The van der Waals surface area contributed by atoms with E-state index in [0.29, 0.717) is 10.8 Å². The van der Waals surface area contributed by atoms with Crippen molar-refractivity contribution >= 4 is 23.3 Å². The van der Waals surface area contributed by atoms with Gasteiger partial charge in [0.1, 0.15) is 11.5 Å². The molecule has 1 aromatic heterocycles. The number of halogens is 1. The van der Waals surface area contributed by atoms with Gasteiger partial charge in [-0.3, -0.25) is 9.69 Å². The predicted molar refractivity (Wildman–Crippen MR) is 78.7 cm³/mol. The van der Waals surface area contributed by atoms with E-state index in [1.165, 1.54) is 19.4 Å². The van der Waals surface area contributed by atoms with E-state index in [4.69, 9.17) is 17.3 Å². The molecular formula is C14H19ClN4O. The number of nitrogens with zero attached hydrogens (tertiary/aromatic N) is 3. The van der Waals surface area contributed by atoms with Crippen LogP contribution >= 0.6 is 11.6 Å². The smallest absolute Gasteiger partial charge is 0.274 e. The summed E-state index contributed by atoms with van der Waals surface area (Å²) in [7, 11) is 0. The topological polar surface area (TPSA) is 62.5 Å². The third-order valence-corrected chi connectivity index (χ3v) is 4.25. The lowest BCUT2D eigenvalue weighted by molar-refractivity contribution is 0.0626. The Hall–Kier alpha value is -1.33. The van der Waals surface area contributed by atoms with Gasteiger partial charge in [0, 0.05) is 32.7 Å². The largest absolute Gasteiger partial charge is 0.384 e. The fourth-order valence-electron chi connectivity index (χ4n) is 2.56. The molecule has 3 rings (SSSR count). The van der Waals surface area contributed by atoms with E-state index in [2.05, 4.69) is 9.88 Å². The van der Waals surface area contributed by atoms with Crippen LogP contribution in [0.25, 0.3) is 0 Å². The van der Waals surface area contributed by atoms with Crippen molar-refractivity contribution in [2.75, 3.05) is 38.5 Å². The standard InChI is InChI=1S/C14H19ClN4O/c15-11-3-4-12(16)17-13(11)14(20)19-7-5-18(6-8-19)9-10-1-2-10/h3-4,10H,1-2,5-9H2,(H2,16,17). The van der Waals surface area contributed by atoms with Crippen molar-refractivity contribution in [2.24, 2.45) is 5.92 Å².